The van der Waals surface area contributed by atoms with E-state index in [2.05, 4.69) is 83.2 Å². The van der Waals surface area contributed by atoms with Gasteiger partial charge in [-0.05, 0) is 49.5 Å². The van der Waals surface area contributed by atoms with Crippen LogP contribution in [0, 0.1) is 19.8 Å². The van der Waals surface area contributed by atoms with E-state index in [9.17, 15) is 0 Å². The van der Waals surface area contributed by atoms with Crippen molar-refractivity contribution in [2.45, 2.75) is 34.6 Å². The highest BCUT2D eigenvalue weighted by molar-refractivity contribution is 6.23. The van der Waals surface area contributed by atoms with E-state index in [4.69, 9.17) is 4.99 Å². The number of hydrogen-bond acceptors (Lipinski definition) is 1. The Bertz CT molecular complexity index is 691. The number of benzene rings is 2. The molecule has 0 heterocycles. The Balaban J connectivity index is 2.46. The fourth-order valence-corrected chi connectivity index (χ4v) is 2.55. The Kier molecular flexibility index (Phi) is 5.32. The highest BCUT2D eigenvalue weighted by atomic mass is 14.7. The van der Waals surface area contributed by atoms with Crippen molar-refractivity contribution < 1.29 is 0 Å². The molecule has 0 unspecified atom stereocenters. The maximum absolute atomic E-state index is 4.88. The second kappa shape index (κ2) is 7.22. The highest BCUT2D eigenvalue weighted by Gasteiger charge is 2.07. The van der Waals surface area contributed by atoms with E-state index in [1.54, 1.807) is 0 Å². The van der Waals surface area contributed by atoms with Gasteiger partial charge in [0.05, 0.1) is 5.69 Å². The zero-order valence-corrected chi connectivity index (χ0v) is 14.2. The van der Waals surface area contributed by atoms with Gasteiger partial charge in [-0.15, -0.1) is 0 Å². The summed E-state index contributed by atoms with van der Waals surface area (Å²) in [5.74, 6) is 0.486. The number of aliphatic imine (C=N–C) groups is 1. The lowest BCUT2D eigenvalue weighted by Crippen LogP contribution is -1.99. The van der Waals surface area contributed by atoms with Crippen LogP contribution in [0.15, 0.2) is 59.6 Å². The number of aryl methyl sites for hydroxylation is 2. The zero-order chi connectivity index (χ0) is 16.1. The second-order valence-corrected chi connectivity index (χ2v) is 6.18. The third-order valence-electron chi connectivity index (χ3n) is 3.62. The quantitative estimate of drug-likeness (QED) is 0.600. The van der Waals surface area contributed by atoms with Gasteiger partial charge in [0.1, 0.15) is 0 Å². The molecule has 22 heavy (non-hydrogen) atoms. The van der Waals surface area contributed by atoms with Crippen LogP contribution in [-0.4, -0.2) is 5.71 Å². The van der Waals surface area contributed by atoms with Gasteiger partial charge in [0.15, 0.2) is 0 Å². The van der Waals surface area contributed by atoms with Crippen molar-refractivity contribution in [3.05, 3.63) is 71.3 Å². The van der Waals surface area contributed by atoms with Gasteiger partial charge in [-0.1, -0.05) is 68.0 Å². The number of hydrogen-bond donors (Lipinski definition) is 0. The summed E-state index contributed by atoms with van der Waals surface area (Å²) in [6, 6.07) is 16.9. The topological polar surface area (TPSA) is 12.4 Å². The van der Waals surface area contributed by atoms with Crippen LogP contribution in [-0.2, 0) is 0 Å². The van der Waals surface area contributed by atoms with Crippen LogP contribution in [0.25, 0.3) is 5.57 Å². The Morgan fingerprint density at radius 1 is 1.00 bits per heavy atom. The van der Waals surface area contributed by atoms with Crippen LogP contribution in [0.3, 0.4) is 0 Å². The molecule has 0 radical (unpaired) electrons. The summed E-state index contributed by atoms with van der Waals surface area (Å²) in [7, 11) is 0. The molecule has 2 aromatic rings. The zero-order valence-electron chi connectivity index (χ0n) is 14.2. The van der Waals surface area contributed by atoms with E-state index in [0.717, 1.165) is 11.4 Å². The summed E-state index contributed by atoms with van der Waals surface area (Å²) in [4.78, 5) is 4.88. The van der Waals surface area contributed by atoms with Gasteiger partial charge in [0, 0.05) is 5.71 Å². The Morgan fingerprint density at radius 3 is 2.27 bits per heavy atom. The summed E-state index contributed by atoms with van der Waals surface area (Å²) < 4.78 is 0. The number of rotatable bonds is 4. The molecule has 0 aliphatic heterocycles. The van der Waals surface area contributed by atoms with E-state index >= 15 is 0 Å². The van der Waals surface area contributed by atoms with E-state index in [1.807, 2.05) is 6.07 Å². The minimum atomic E-state index is 0.486. The molecule has 0 aromatic heterocycles. The molecule has 0 saturated heterocycles. The molecular formula is C21H25N. The first-order valence-corrected chi connectivity index (χ1v) is 7.87. The highest BCUT2D eigenvalue weighted by Crippen LogP contribution is 2.24. The molecule has 2 rings (SSSR count). The van der Waals surface area contributed by atoms with E-state index in [1.165, 1.54) is 22.3 Å². The fraction of sp³-hybridized carbons (Fsp3) is 0.286. The van der Waals surface area contributed by atoms with Crippen LogP contribution >= 0.6 is 0 Å². The molecule has 0 saturated carbocycles. The molecule has 0 bridgehead atoms. The molecule has 0 spiro atoms. The number of allylic oxidation sites excluding steroid dienone is 2. The molecular weight excluding hydrogens is 266 g/mol. The molecule has 0 fully saturated rings. The molecule has 114 valence electrons. The average Bonchev–Trinajstić information content (AvgIpc) is 2.48. The SMILES string of the molecule is CC(=Nc1ccc(C)cc1C)/C(=C/C(C)C)c1ccccc1. The summed E-state index contributed by atoms with van der Waals surface area (Å²) in [6.07, 6.45) is 2.29. The maximum atomic E-state index is 4.88. The van der Waals surface area contributed by atoms with Crippen molar-refractivity contribution in [3.8, 4) is 0 Å². The van der Waals surface area contributed by atoms with Crippen molar-refractivity contribution in [1.82, 2.24) is 0 Å². The van der Waals surface area contributed by atoms with E-state index in [-0.39, 0.29) is 0 Å². The predicted molar refractivity (Wildman–Crippen MR) is 97.9 cm³/mol. The van der Waals surface area contributed by atoms with Gasteiger partial charge < -0.3 is 0 Å². The smallest absolute Gasteiger partial charge is 0.0662 e. The summed E-state index contributed by atoms with van der Waals surface area (Å²) in [5, 5.41) is 0. The minimum absolute atomic E-state index is 0.486. The van der Waals surface area contributed by atoms with Crippen LogP contribution in [0.1, 0.15) is 37.5 Å². The molecule has 1 heteroatoms. The van der Waals surface area contributed by atoms with Gasteiger partial charge in [-0.3, -0.25) is 4.99 Å². The van der Waals surface area contributed by atoms with Crippen LogP contribution in [0.2, 0.25) is 0 Å². The average molecular weight is 291 g/mol. The predicted octanol–water partition coefficient (Wildman–Crippen LogP) is 6.14. The lowest BCUT2D eigenvalue weighted by Gasteiger charge is -2.11. The molecule has 0 amide bonds. The van der Waals surface area contributed by atoms with Gasteiger partial charge in [0.2, 0.25) is 0 Å². The van der Waals surface area contributed by atoms with E-state index < -0.39 is 0 Å². The van der Waals surface area contributed by atoms with Crippen molar-refractivity contribution in [1.29, 1.82) is 0 Å². The lowest BCUT2D eigenvalue weighted by atomic mass is 9.98. The summed E-state index contributed by atoms with van der Waals surface area (Å²) in [6.45, 7) is 10.7. The second-order valence-electron chi connectivity index (χ2n) is 6.18. The summed E-state index contributed by atoms with van der Waals surface area (Å²) in [5.41, 5.74) is 7.05. The van der Waals surface area contributed by atoms with Crippen molar-refractivity contribution in [3.63, 3.8) is 0 Å². The molecule has 0 aliphatic rings. The third kappa shape index (κ3) is 4.17. The first-order chi connectivity index (χ1) is 10.5. The first kappa shape index (κ1) is 16.2. The molecule has 0 atom stereocenters. The van der Waals surface area contributed by atoms with Crippen molar-refractivity contribution in [2.75, 3.05) is 0 Å². The fourth-order valence-electron chi connectivity index (χ4n) is 2.55. The summed E-state index contributed by atoms with van der Waals surface area (Å²) >= 11 is 0. The largest absolute Gasteiger partial charge is 0.253 e. The molecule has 2 aromatic carbocycles. The number of nitrogens with zero attached hydrogens (tertiary/aromatic N) is 1. The van der Waals surface area contributed by atoms with Gasteiger partial charge in [0.25, 0.3) is 0 Å². The maximum Gasteiger partial charge on any atom is 0.0662 e. The minimum Gasteiger partial charge on any atom is -0.253 e. The van der Waals surface area contributed by atoms with Crippen LogP contribution in [0.5, 0.6) is 0 Å². The van der Waals surface area contributed by atoms with Gasteiger partial charge in [-0.25, -0.2) is 0 Å². The van der Waals surface area contributed by atoms with Crippen LogP contribution in [0.4, 0.5) is 5.69 Å². The van der Waals surface area contributed by atoms with Crippen molar-refractivity contribution in [2.24, 2.45) is 10.9 Å². The Morgan fingerprint density at radius 2 is 1.68 bits per heavy atom. The van der Waals surface area contributed by atoms with Gasteiger partial charge >= 0.3 is 0 Å². The Hall–Kier alpha value is -2.15. The van der Waals surface area contributed by atoms with Crippen molar-refractivity contribution >= 4 is 17.0 Å². The first-order valence-electron chi connectivity index (χ1n) is 7.87. The lowest BCUT2D eigenvalue weighted by molar-refractivity contribution is 0.835. The molecule has 0 N–H and O–H groups in total. The normalized spacial score (nSPS) is 12.8. The molecule has 1 nitrogen and oxygen atoms in total. The Labute approximate surface area is 134 Å². The molecule has 0 aliphatic carbocycles. The monoisotopic (exact) mass is 291 g/mol. The third-order valence-corrected chi connectivity index (χ3v) is 3.62. The standard InChI is InChI=1S/C21H25N/c1-15(2)13-20(19-9-7-6-8-10-19)18(5)22-21-12-11-16(3)14-17(21)4/h6-15H,1-5H3/b20-13-,22-18?. The van der Waals surface area contributed by atoms with Crippen LogP contribution < -0.4 is 0 Å². The van der Waals surface area contributed by atoms with Gasteiger partial charge in [-0.2, -0.15) is 0 Å². The van der Waals surface area contributed by atoms with E-state index in [0.29, 0.717) is 5.92 Å².